The molecule has 0 aliphatic carbocycles. The zero-order chi connectivity index (χ0) is 14.9. The second-order valence-electron chi connectivity index (χ2n) is 4.86. The van der Waals surface area contributed by atoms with Gasteiger partial charge >= 0.3 is 0 Å². The molecule has 0 aliphatic rings. The Morgan fingerprint density at radius 3 is 2.38 bits per heavy atom. The highest BCUT2D eigenvalue weighted by Crippen LogP contribution is 2.14. The summed E-state index contributed by atoms with van der Waals surface area (Å²) in [5, 5.41) is 12.2. The van der Waals surface area contributed by atoms with E-state index >= 15 is 0 Å². The highest BCUT2D eigenvalue weighted by atomic mass is 16.5. The van der Waals surface area contributed by atoms with Crippen molar-refractivity contribution < 1.29 is 9.94 Å². The van der Waals surface area contributed by atoms with Crippen LogP contribution in [0.5, 0.6) is 5.75 Å². The van der Waals surface area contributed by atoms with E-state index in [1.54, 1.807) is 0 Å². The fourth-order valence-corrected chi connectivity index (χ4v) is 2.19. The Bertz CT molecular complexity index is 562. The molecule has 110 valence electrons. The Balaban J connectivity index is 1.79. The first-order valence-electron chi connectivity index (χ1n) is 7.31. The molecule has 0 atom stereocenters. The van der Waals surface area contributed by atoms with Gasteiger partial charge in [0.05, 0.1) is 12.3 Å². The third-order valence-corrected chi connectivity index (χ3v) is 3.36. The smallest absolute Gasteiger partial charge is 0.119 e. The molecule has 0 bridgehead atoms. The molecule has 21 heavy (non-hydrogen) atoms. The number of ether oxygens (including phenoxy) is 1. The zero-order valence-corrected chi connectivity index (χ0v) is 12.3. The van der Waals surface area contributed by atoms with Crippen molar-refractivity contribution in [3.8, 4) is 5.75 Å². The van der Waals surface area contributed by atoms with Crippen LogP contribution in [0.3, 0.4) is 0 Å². The van der Waals surface area contributed by atoms with Crippen LogP contribution < -0.4 is 4.74 Å². The molecule has 0 aromatic heterocycles. The number of hydrogen-bond acceptors (Lipinski definition) is 3. The minimum Gasteiger partial charge on any atom is -0.494 e. The molecule has 0 saturated heterocycles. The van der Waals surface area contributed by atoms with E-state index < -0.39 is 0 Å². The van der Waals surface area contributed by atoms with Crippen molar-refractivity contribution in [3.05, 3.63) is 65.7 Å². The van der Waals surface area contributed by atoms with E-state index in [0.29, 0.717) is 18.7 Å². The first-order valence-corrected chi connectivity index (χ1v) is 7.31. The predicted molar refractivity (Wildman–Crippen MR) is 85.3 cm³/mol. The molecular weight excluding hydrogens is 262 g/mol. The maximum Gasteiger partial charge on any atom is 0.119 e. The van der Waals surface area contributed by atoms with Gasteiger partial charge in [-0.05, 0) is 54.7 Å². The van der Waals surface area contributed by atoms with Crippen LogP contribution in [0.4, 0.5) is 0 Å². The van der Waals surface area contributed by atoms with Crippen LogP contribution in [0, 0.1) is 0 Å². The van der Waals surface area contributed by atoms with Gasteiger partial charge in [-0.1, -0.05) is 42.4 Å². The molecule has 0 saturated carbocycles. The van der Waals surface area contributed by atoms with Crippen LogP contribution in [0.1, 0.15) is 30.9 Å². The van der Waals surface area contributed by atoms with E-state index in [9.17, 15) is 0 Å². The van der Waals surface area contributed by atoms with Gasteiger partial charge in [-0.25, -0.2) is 0 Å². The summed E-state index contributed by atoms with van der Waals surface area (Å²) in [6.07, 6.45) is 2.72. The van der Waals surface area contributed by atoms with E-state index in [1.165, 1.54) is 5.56 Å². The fourth-order valence-electron chi connectivity index (χ4n) is 2.19. The quantitative estimate of drug-likeness (QED) is 0.356. The molecule has 0 fully saturated rings. The number of benzene rings is 2. The molecule has 2 rings (SSSR count). The van der Waals surface area contributed by atoms with Gasteiger partial charge in [0.15, 0.2) is 0 Å². The molecule has 0 spiro atoms. The van der Waals surface area contributed by atoms with Gasteiger partial charge in [0.1, 0.15) is 5.75 Å². The molecule has 0 aliphatic heterocycles. The molecule has 1 N–H and O–H groups in total. The Kier molecular flexibility index (Phi) is 5.83. The number of rotatable bonds is 7. The third kappa shape index (κ3) is 4.63. The molecule has 2 aromatic carbocycles. The van der Waals surface area contributed by atoms with E-state index in [0.717, 1.165) is 24.2 Å². The summed E-state index contributed by atoms with van der Waals surface area (Å²) in [7, 11) is 0. The average molecular weight is 283 g/mol. The summed E-state index contributed by atoms with van der Waals surface area (Å²) in [4.78, 5) is 0. The molecule has 0 heterocycles. The largest absolute Gasteiger partial charge is 0.494 e. The third-order valence-electron chi connectivity index (χ3n) is 3.36. The van der Waals surface area contributed by atoms with Gasteiger partial charge in [0, 0.05) is 0 Å². The van der Waals surface area contributed by atoms with E-state index in [1.807, 2.05) is 37.3 Å². The summed E-state index contributed by atoms with van der Waals surface area (Å²) >= 11 is 0. The van der Waals surface area contributed by atoms with E-state index in [-0.39, 0.29) is 0 Å². The maximum atomic E-state index is 8.89. The van der Waals surface area contributed by atoms with E-state index in [2.05, 4.69) is 29.4 Å². The molecule has 3 nitrogen and oxygen atoms in total. The van der Waals surface area contributed by atoms with Crippen molar-refractivity contribution in [1.29, 1.82) is 0 Å². The Hall–Kier alpha value is -2.29. The second kappa shape index (κ2) is 8.10. The first-order chi connectivity index (χ1) is 10.3. The van der Waals surface area contributed by atoms with Crippen LogP contribution in [-0.4, -0.2) is 17.5 Å². The van der Waals surface area contributed by atoms with Crippen LogP contribution >= 0.6 is 0 Å². The van der Waals surface area contributed by atoms with Gasteiger partial charge in [-0.15, -0.1) is 0 Å². The van der Waals surface area contributed by atoms with E-state index in [4.69, 9.17) is 9.94 Å². The van der Waals surface area contributed by atoms with Crippen molar-refractivity contribution in [2.24, 2.45) is 5.16 Å². The second-order valence-corrected chi connectivity index (χ2v) is 4.86. The van der Waals surface area contributed by atoms with Gasteiger partial charge in [0.2, 0.25) is 0 Å². The normalized spacial score (nSPS) is 11.4. The molecule has 3 heteroatoms. The number of hydrogen-bond donors (Lipinski definition) is 1. The van der Waals surface area contributed by atoms with Gasteiger partial charge < -0.3 is 9.94 Å². The average Bonchev–Trinajstić information content (AvgIpc) is 2.55. The van der Waals surface area contributed by atoms with Crippen molar-refractivity contribution in [2.75, 3.05) is 6.61 Å². The summed E-state index contributed by atoms with van der Waals surface area (Å²) in [5.41, 5.74) is 2.95. The number of oxime groups is 1. The minimum absolute atomic E-state index is 0.686. The summed E-state index contributed by atoms with van der Waals surface area (Å²) < 4.78 is 5.73. The van der Waals surface area contributed by atoms with Crippen LogP contribution in [-0.2, 0) is 6.42 Å². The van der Waals surface area contributed by atoms with Crippen LogP contribution in [0.2, 0.25) is 0 Å². The van der Waals surface area contributed by atoms with Crippen LogP contribution in [0.15, 0.2) is 59.8 Å². The lowest BCUT2D eigenvalue weighted by Crippen LogP contribution is -2.01. The van der Waals surface area contributed by atoms with Gasteiger partial charge in [0.25, 0.3) is 0 Å². The summed E-state index contributed by atoms with van der Waals surface area (Å²) in [5.74, 6) is 0.847. The molecule has 0 radical (unpaired) electrons. The Morgan fingerprint density at radius 2 is 1.76 bits per heavy atom. The lowest BCUT2D eigenvalue weighted by Gasteiger charge is -2.07. The van der Waals surface area contributed by atoms with Crippen molar-refractivity contribution >= 4 is 5.71 Å². The fraction of sp³-hybridized carbons (Fsp3) is 0.278. The highest BCUT2D eigenvalue weighted by molar-refractivity contribution is 6.00. The standard InChI is InChI=1S/C18H21NO2/c1-2-18(19-20)16-10-12-17(13-11-16)21-14-6-9-15-7-4-3-5-8-15/h3-5,7-8,10-13,20H,2,6,9,14H2,1H3/b19-18+. The molecular formula is C18H21NO2. The van der Waals surface area contributed by atoms with Gasteiger partial charge in [-0.2, -0.15) is 0 Å². The van der Waals surface area contributed by atoms with Crippen molar-refractivity contribution in [2.45, 2.75) is 26.2 Å². The van der Waals surface area contributed by atoms with Crippen molar-refractivity contribution in [1.82, 2.24) is 0 Å². The molecule has 0 unspecified atom stereocenters. The Labute approximate surface area is 125 Å². The first kappa shape index (κ1) is 15.1. The number of aryl methyl sites for hydroxylation is 1. The van der Waals surface area contributed by atoms with Crippen molar-refractivity contribution in [3.63, 3.8) is 0 Å². The predicted octanol–water partition coefficient (Wildman–Crippen LogP) is 4.29. The van der Waals surface area contributed by atoms with Gasteiger partial charge in [-0.3, -0.25) is 0 Å². The summed E-state index contributed by atoms with van der Waals surface area (Å²) in [6, 6.07) is 18.1. The molecule has 2 aromatic rings. The van der Waals surface area contributed by atoms with Crippen LogP contribution in [0.25, 0.3) is 0 Å². The monoisotopic (exact) mass is 283 g/mol. The lowest BCUT2D eigenvalue weighted by molar-refractivity contribution is 0.311. The Morgan fingerprint density at radius 1 is 1.05 bits per heavy atom. The zero-order valence-electron chi connectivity index (χ0n) is 12.3. The minimum atomic E-state index is 0.686. The maximum absolute atomic E-state index is 8.89. The molecule has 0 amide bonds. The lowest BCUT2D eigenvalue weighted by atomic mass is 10.1. The topological polar surface area (TPSA) is 41.8 Å². The SMILES string of the molecule is CC/C(=N\O)c1ccc(OCCCc2ccccc2)cc1. The summed E-state index contributed by atoms with van der Waals surface area (Å²) in [6.45, 7) is 2.66. The highest BCUT2D eigenvalue weighted by Gasteiger charge is 2.02. The number of nitrogens with zero attached hydrogens (tertiary/aromatic N) is 1.